The van der Waals surface area contributed by atoms with Crippen LogP contribution < -0.4 is 0 Å². The molecule has 1 fully saturated rings. The first kappa shape index (κ1) is 15.0. The van der Waals surface area contributed by atoms with Crippen molar-refractivity contribution in [3.05, 3.63) is 35.9 Å². The topological polar surface area (TPSA) is 35.5 Å². The summed E-state index contributed by atoms with van der Waals surface area (Å²) in [7, 11) is 0. The van der Waals surface area contributed by atoms with E-state index in [4.69, 9.17) is 9.47 Å². The molecule has 1 aromatic carbocycles. The Kier molecular flexibility index (Phi) is 6.06. The highest BCUT2D eigenvalue weighted by atomic mass is 16.6. The Labute approximate surface area is 121 Å². The van der Waals surface area contributed by atoms with E-state index >= 15 is 0 Å². The Bertz CT molecular complexity index is 396. The molecule has 1 aromatic rings. The van der Waals surface area contributed by atoms with Gasteiger partial charge in [-0.15, -0.1) is 0 Å². The van der Waals surface area contributed by atoms with Gasteiger partial charge in [0, 0.05) is 0 Å². The lowest BCUT2D eigenvalue weighted by Crippen LogP contribution is -2.23. The van der Waals surface area contributed by atoms with Gasteiger partial charge < -0.3 is 9.47 Å². The SMILES string of the molecule is CCOC(=O)C(OCC1CCCCC1)c1ccccc1. The highest BCUT2D eigenvalue weighted by Gasteiger charge is 2.24. The molecule has 2 rings (SSSR count). The monoisotopic (exact) mass is 276 g/mol. The van der Waals surface area contributed by atoms with Gasteiger partial charge in [-0.1, -0.05) is 49.6 Å². The highest BCUT2D eigenvalue weighted by Crippen LogP contribution is 2.27. The first-order valence-corrected chi connectivity index (χ1v) is 7.64. The van der Waals surface area contributed by atoms with Gasteiger partial charge in [0.1, 0.15) is 0 Å². The zero-order valence-corrected chi connectivity index (χ0v) is 12.2. The van der Waals surface area contributed by atoms with Crippen LogP contribution in [0.4, 0.5) is 0 Å². The molecule has 1 unspecified atom stereocenters. The molecule has 1 saturated carbocycles. The van der Waals surface area contributed by atoms with Crippen molar-refractivity contribution in [3.63, 3.8) is 0 Å². The molecular weight excluding hydrogens is 252 g/mol. The maximum atomic E-state index is 12.1. The van der Waals surface area contributed by atoms with Crippen molar-refractivity contribution in [1.82, 2.24) is 0 Å². The van der Waals surface area contributed by atoms with Crippen LogP contribution >= 0.6 is 0 Å². The molecule has 20 heavy (non-hydrogen) atoms. The van der Waals surface area contributed by atoms with E-state index in [1.54, 1.807) is 0 Å². The maximum absolute atomic E-state index is 12.1. The van der Waals surface area contributed by atoms with Crippen LogP contribution in [0.1, 0.15) is 50.7 Å². The maximum Gasteiger partial charge on any atom is 0.339 e. The zero-order valence-electron chi connectivity index (χ0n) is 12.2. The number of rotatable bonds is 6. The predicted molar refractivity (Wildman–Crippen MR) is 78.3 cm³/mol. The molecule has 3 nitrogen and oxygen atoms in total. The fraction of sp³-hybridized carbons (Fsp3) is 0.588. The molecule has 0 amide bonds. The summed E-state index contributed by atoms with van der Waals surface area (Å²) < 4.78 is 11.0. The number of esters is 1. The van der Waals surface area contributed by atoms with Crippen LogP contribution in [-0.4, -0.2) is 19.2 Å². The lowest BCUT2D eigenvalue weighted by molar-refractivity contribution is -0.158. The molecule has 1 aliphatic carbocycles. The van der Waals surface area contributed by atoms with E-state index < -0.39 is 6.10 Å². The summed E-state index contributed by atoms with van der Waals surface area (Å²) in [6, 6.07) is 9.62. The van der Waals surface area contributed by atoms with E-state index in [1.807, 2.05) is 37.3 Å². The largest absolute Gasteiger partial charge is 0.464 e. The van der Waals surface area contributed by atoms with Crippen LogP contribution in [0, 0.1) is 5.92 Å². The first-order valence-electron chi connectivity index (χ1n) is 7.64. The van der Waals surface area contributed by atoms with E-state index in [-0.39, 0.29) is 5.97 Å². The molecule has 3 heteroatoms. The average Bonchev–Trinajstić information content (AvgIpc) is 2.50. The van der Waals surface area contributed by atoms with Gasteiger partial charge in [0.2, 0.25) is 0 Å². The Balaban J connectivity index is 1.97. The fourth-order valence-electron chi connectivity index (χ4n) is 2.73. The lowest BCUT2D eigenvalue weighted by Gasteiger charge is -2.24. The van der Waals surface area contributed by atoms with Gasteiger partial charge in [-0.3, -0.25) is 0 Å². The molecule has 0 spiro atoms. The second-order valence-electron chi connectivity index (χ2n) is 5.38. The number of benzene rings is 1. The predicted octanol–water partition coefficient (Wildman–Crippen LogP) is 3.89. The summed E-state index contributed by atoms with van der Waals surface area (Å²) in [6.07, 6.45) is 5.73. The Morgan fingerprint density at radius 1 is 1.20 bits per heavy atom. The van der Waals surface area contributed by atoms with Crippen molar-refractivity contribution in [1.29, 1.82) is 0 Å². The van der Waals surface area contributed by atoms with Gasteiger partial charge in [-0.2, -0.15) is 0 Å². The summed E-state index contributed by atoms with van der Waals surface area (Å²) in [6.45, 7) is 2.86. The number of carbonyl (C=O) groups is 1. The quantitative estimate of drug-likeness (QED) is 0.739. The summed E-state index contributed by atoms with van der Waals surface area (Å²) in [5, 5.41) is 0. The van der Waals surface area contributed by atoms with Crippen molar-refractivity contribution >= 4 is 5.97 Å². The molecule has 0 saturated heterocycles. The minimum Gasteiger partial charge on any atom is -0.464 e. The number of ether oxygens (including phenoxy) is 2. The molecule has 1 aliphatic rings. The van der Waals surface area contributed by atoms with Crippen LogP contribution in [-0.2, 0) is 14.3 Å². The van der Waals surface area contributed by atoms with E-state index in [0.717, 1.165) is 5.56 Å². The van der Waals surface area contributed by atoms with Crippen molar-refractivity contribution in [2.24, 2.45) is 5.92 Å². The highest BCUT2D eigenvalue weighted by molar-refractivity contribution is 5.76. The summed E-state index contributed by atoms with van der Waals surface area (Å²) in [5.41, 5.74) is 0.877. The molecule has 0 radical (unpaired) electrons. The van der Waals surface area contributed by atoms with Gasteiger partial charge >= 0.3 is 5.97 Å². The first-order chi connectivity index (χ1) is 9.81. The van der Waals surface area contributed by atoms with Crippen LogP contribution in [0.15, 0.2) is 30.3 Å². The van der Waals surface area contributed by atoms with Gasteiger partial charge in [0.25, 0.3) is 0 Å². The third kappa shape index (κ3) is 4.34. The molecule has 0 aromatic heterocycles. The van der Waals surface area contributed by atoms with Crippen molar-refractivity contribution in [2.75, 3.05) is 13.2 Å². The number of hydrogen-bond acceptors (Lipinski definition) is 3. The van der Waals surface area contributed by atoms with Crippen LogP contribution in [0.3, 0.4) is 0 Å². The number of carbonyl (C=O) groups excluding carboxylic acids is 1. The summed E-state index contributed by atoms with van der Waals surface area (Å²) in [4.78, 5) is 12.1. The Hall–Kier alpha value is -1.35. The normalized spacial score (nSPS) is 17.6. The molecule has 0 heterocycles. The van der Waals surface area contributed by atoms with Crippen molar-refractivity contribution in [2.45, 2.75) is 45.1 Å². The Morgan fingerprint density at radius 3 is 2.55 bits per heavy atom. The van der Waals surface area contributed by atoms with E-state index in [2.05, 4.69) is 0 Å². The van der Waals surface area contributed by atoms with E-state index in [0.29, 0.717) is 19.1 Å². The third-order valence-electron chi connectivity index (χ3n) is 3.83. The third-order valence-corrected chi connectivity index (χ3v) is 3.83. The van der Waals surface area contributed by atoms with E-state index in [9.17, 15) is 4.79 Å². The Morgan fingerprint density at radius 2 is 1.90 bits per heavy atom. The second kappa shape index (κ2) is 8.05. The van der Waals surface area contributed by atoms with Crippen LogP contribution in [0.25, 0.3) is 0 Å². The fourth-order valence-corrected chi connectivity index (χ4v) is 2.73. The van der Waals surface area contributed by atoms with Gasteiger partial charge in [-0.05, 0) is 31.2 Å². The van der Waals surface area contributed by atoms with E-state index in [1.165, 1.54) is 32.1 Å². The summed E-state index contributed by atoms with van der Waals surface area (Å²) >= 11 is 0. The molecule has 1 atom stereocenters. The van der Waals surface area contributed by atoms with Crippen molar-refractivity contribution < 1.29 is 14.3 Å². The average molecular weight is 276 g/mol. The minimum atomic E-state index is -0.585. The van der Waals surface area contributed by atoms with Gasteiger partial charge in [0.05, 0.1) is 13.2 Å². The minimum absolute atomic E-state index is 0.283. The standard InChI is InChI=1S/C17H24O3/c1-2-19-17(18)16(15-11-7-4-8-12-15)20-13-14-9-5-3-6-10-14/h4,7-8,11-12,14,16H,2-3,5-6,9-10,13H2,1H3. The van der Waals surface area contributed by atoms with Gasteiger partial charge in [-0.25, -0.2) is 4.79 Å². The zero-order chi connectivity index (χ0) is 14.2. The molecule has 110 valence electrons. The molecular formula is C17H24O3. The number of hydrogen-bond donors (Lipinski definition) is 0. The molecule has 0 N–H and O–H groups in total. The van der Waals surface area contributed by atoms with Gasteiger partial charge in [0.15, 0.2) is 6.10 Å². The summed E-state index contributed by atoms with van der Waals surface area (Å²) in [5.74, 6) is 0.305. The van der Waals surface area contributed by atoms with Crippen LogP contribution in [0.2, 0.25) is 0 Å². The van der Waals surface area contributed by atoms with Crippen molar-refractivity contribution in [3.8, 4) is 0 Å². The lowest BCUT2D eigenvalue weighted by atomic mass is 9.90. The molecule has 0 bridgehead atoms. The van der Waals surface area contributed by atoms with Crippen LogP contribution in [0.5, 0.6) is 0 Å². The molecule has 0 aliphatic heterocycles. The second-order valence-corrected chi connectivity index (χ2v) is 5.38. The smallest absolute Gasteiger partial charge is 0.339 e.